The van der Waals surface area contributed by atoms with E-state index < -0.39 is 0 Å². The molecule has 132 valence electrons. The van der Waals surface area contributed by atoms with Gasteiger partial charge in [-0.25, -0.2) is 5.43 Å². The normalized spacial score (nSPS) is 11.2. The summed E-state index contributed by atoms with van der Waals surface area (Å²) in [6.07, 6.45) is 1.50. The molecule has 3 N–H and O–H groups in total. The van der Waals surface area contributed by atoms with Crippen LogP contribution in [-0.4, -0.2) is 22.3 Å². The van der Waals surface area contributed by atoms with Gasteiger partial charge in [0.1, 0.15) is 16.0 Å². The second kappa shape index (κ2) is 7.88. The molecule has 0 saturated heterocycles. The lowest BCUT2D eigenvalue weighted by Gasteiger charge is -2.07. The molecule has 0 saturated carbocycles. The van der Waals surface area contributed by atoms with Gasteiger partial charge in [0.15, 0.2) is 0 Å². The average Bonchev–Trinajstić information content (AvgIpc) is 2.64. The third-order valence-corrected chi connectivity index (χ3v) is 5.18. The second-order valence-corrected chi connectivity index (χ2v) is 7.21. The van der Waals surface area contributed by atoms with E-state index in [1.807, 2.05) is 42.5 Å². The van der Waals surface area contributed by atoms with Gasteiger partial charge in [-0.3, -0.25) is 4.79 Å². The smallest absolute Gasteiger partial charge is 0.244 e. The molecule has 26 heavy (non-hydrogen) atoms. The topological polar surface area (TPSA) is 81.9 Å². The summed E-state index contributed by atoms with van der Waals surface area (Å²) in [7, 11) is 0. The zero-order chi connectivity index (χ0) is 18.7. The second-order valence-electron chi connectivity index (χ2n) is 5.57. The first-order chi connectivity index (χ1) is 12.5. The van der Waals surface area contributed by atoms with Crippen molar-refractivity contribution in [3.8, 4) is 11.5 Å². The number of rotatable bonds is 4. The third kappa shape index (κ3) is 3.89. The van der Waals surface area contributed by atoms with Crippen LogP contribution in [0.15, 0.2) is 62.6 Å². The first-order valence-electron chi connectivity index (χ1n) is 7.66. The Kier molecular flexibility index (Phi) is 5.58. The summed E-state index contributed by atoms with van der Waals surface area (Å²) in [5.41, 5.74) is 3.70. The Morgan fingerprint density at radius 1 is 1.08 bits per heavy atom. The van der Waals surface area contributed by atoms with Gasteiger partial charge in [-0.15, -0.1) is 0 Å². The molecule has 5 nitrogen and oxygen atoms in total. The number of nitrogens with zero attached hydrogens (tertiary/aromatic N) is 1. The van der Waals surface area contributed by atoms with Crippen LogP contribution in [0, 0.1) is 0 Å². The Morgan fingerprint density at radius 3 is 2.62 bits per heavy atom. The highest BCUT2D eigenvalue weighted by Crippen LogP contribution is 2.40. The summed E-state index contributed by atoms with van der Waals surface area (Å²) in [5.74, 6) is -0.550. The van der Waals surface area contributed by atoms with Gasteiger partial charge in [-0.1, -0.05) is 42.5 Å². The number of hydrazone groups is 1. The van der Waals surface area contributed by atoms with Crippen molar-refractivity contribution >= 4 is 54.8 Å². The quantitative estimate of drug-likeness (QED) is 0.383. The van der Waals surface area contributed by atoms with Crippen molar-refractivity contribution in [3.05, 3.63) is 68.6 Å². The number of nitrogens with one attached hydrogen (secondary N) is 1. The van der Waals surface area contributed by atoms with Gasteiger partial charge in [0.25, 0.3) is 0 Å². The van der Waals surface area contributed by atoms with E-state index in [0.717, 1.165) is 16.3 Å². The Hall–Kier alpha value is -2.38. The number of phenolic OH excluding ortho intramolecular Hbond substituents is 2. The largest absolute Gasteiger partial charge is 0.506 e. The number of amides is 1. The molecule has 0 fully saturated rings. The molecule has 0 aromatic heterocycles. The van der Waals surface area contributed by atoms with Crippen molar-refractivity contribution < 1.29 is 15.0 Å². The molecular formula is C19H14Br2N2O3. The minimum Gasteiger partial charge on any atom is -0.506 e. The van der Waals surface area contributed by atoms with Crippen LogP contribution in [-0.2, 0) is 11.2 Å². The lowest BCUT2D eigenvalue weighted by Crippen LogP contribution is -2.19. The highest BCUT2D eigenvalue weighted by atomic mass is 79.9. The number of carbonyl (C=O) groups excluding carboxylic acids is 1. The number of benzene rings is 3. The van der Waals surface area contributed by atoms with E-state index in [4.69, 9.17) is 0 Å². The van der Waals surface area contributed by atoms with Crippen LogP contribution in [0.4, 0.5) is 0 Å². The lowest BCUT2D eigenvalue weighted by molar-refractivity contribution is -0.120. The summed E-state index contributed by atoms with van der Waals surface area (Å²) < 4.78 is 0.543. The molecule has 0 atom stereocenters. The molecule has 0 unspecified atom stereocenters. The van der Waals surface area contributed by atoms with Gasteiger partial charge >= 0.3 is 0 Å². The summed E-state index contributed by atoms with van der Waals surface area (Å²) in [5, 5.41) is 25.7. The zero-order valence-corrected chi connectivity index (χ0v) is 16.6. The maximum Gasteiger partial charge on any atom is 0.244 e. The predicted molar refractivity (Wildman–Crippen MR) is 109 cm³/mol. The molecule has 0 spiro atoms. The maximum atomic E-state index is 12.2. The average molecular weight is 478 g/mol. The van der Waals surface area contributed by atoms with Crippen molar-refractivity contribution in [2.24, 2.45) is 5.10 Å². The van der Waals surface area contributed by atoms with Crippen molar-refractivity contribution in [2.45, 2.75) is 6.42 Å². The number of halogens is 2. The standard InChI is InChI=1S/C19H14Br2N2O3/c20-15-8-13(18(25)17(21)19(15)26)10-22-23-16(24)9-12-6-3-5-11-4-1-2-7-14(11)12/h1-8,10,25-26H,9H2,(H,23,24)/b22-10+. The van der Waals surface area contributed by atoms with Crippen molar-refractivity contribution in [2.75, 3.05) is 0 Å². The van der Waals surface area contributed by atoms with E-state index in [9.17, 15) is 15.0 Å². The fourth-order valence-corrected chi connectivity index (χ4v) is 3.70. The molecular weight excluding hydrogens is 464 g/mol. The summed E-state index contributed by atoms with van der Waals surface area (Å²) in [4.78, 5) is 12.2. The Balaban J connectivity index is 1.72. The van der Waals surface area contributed by atoms with Gasteiger partial charge in [0.2, 0.25) is 5.91 Å². The first kappa shape index (κ1) is 18.4. The Labute approximate surface area is 166 Å². The highest BCUT2D eigenvalue weighted by Gasteiger charge is 2.13. The first-order valence-corrected chi connectivity index (χ1v) is 9.24. The van der Waals surface area contributed by atoms with E-state index in [2.05, 4.69) is 42.4 Å². The number of hydrogen-bond acceptors (Lipinski definition) is 4. The lowest BCUT2D eigenvalue weighted by atomic mass is 10.0. The fourth-order valence-electron chi connectivity index (χ4n) is 2.55. The molecule has 0 radical (unpaired) electrons. The molecule has 0 aliphatic rings. The molecule has 0 aliphatic carbocycles. The molecule has 0 heterocycles. The summed E-state index contributed by atoms with van der Waals surface area (Å²) >= 11 is 6.27. The van der Waals surface area contributed by atoms with E-state index in [-0.39, 0.29) is 28.3 Å². The van der Waals surface area contributed by atoms with Gasteiger partial charge in [0.05, 0.1) is 17.1 Å². The van der Waals surface area contributed by atoms with Crippen LogP contribution >= 0.6 is 31.9 Å². The van der Waals surface area contributed by atoms with Gasteiger partial charge < -0.3 is 10.2 Å². The van der Waals surface area contributed by atoms with Crippen LogP contribution < -0.4 is 5.43 Å². The highest BCUT2D eigenvalue weighted by molar-refractivity contribution is 9.11. The molecule has 1 amide bonds. The van der Waals surface area contributed by atoms with Crippen LogP contribution in [0.5, 0.6) is 11.5 Å². The van der Waals surface area contributed by atoms with Crippen LogP contribution in [0.2, 0.25) is 0 Å². The number of carbonyl (C=O) groups is 1. The molecule has 7 heteroatoms. The number of hydrogen-bond donors (Lipinski definition) is 3. The monoisotopic (exact) mass is 476 g/mol. The third-order valence-electron chi connectivity index (χ3n) is 3.82. The fraction of sp³-hybridized carbons (Fsp3) is 0.0526. The van der Waals surface area contributed by atoms with E-state index in [0.29, 0.717) is 10.0 Å². The van der Waals surface area contributed by atoms with Crippen LogP contribution in [0.1, 0.15) is 11.1 Å². The molecule has 3 aromatic rings. The maximum absolute atomic E-state index is 12.2. The number of fused-ring (bicyclic) bond motifs is 1. The van der Waals surface area contributed by atoms with Gasteiger partial charge in [-0.05, 0) is 54.3 Å². The van der Waals surface area contributed by atoms with Crippen LogP contribution in [0.25, 0.3) is 10.8 Å². The predicted octanol–water partition coefficient (Wildman–Crippen LogP) is 4.47. The van der Waals surface area contributed by atoms with Crippen LogP contribution in [0.3, 0.4) is 0 Å². The minimum absolute atomic E-state index is 0.111. The molecule has 3 rings (SSSR count). The number of aromatic hydroxyl groups is 2. The van der Waals surface area contributed by atoms with E-state index in [1.165, 1.54) is 12.3 Å². The van der Waals surface area contributed by atoms with Gasteiger partial charge in [-0.2, -0.15) is 5.10 Å². The summed E-state index contributed by atoms with van der Waals surface area (Å²) in [6.45, 7) is 0. The minimum atomic E-state index is -0.269. The molecule has 3 aromatic carbocycles. The molecule has 0 bridgehead atoms. The summed E-state index contributed by atoms with van der Waals surface area (Å²) in [6, 6.07) is 15.2. The van der Waals surface area contributed by atoms with Crippen molar-refractivity contribution in [3.63, 3.8) is 0 Å². The van der Waals surface area contributed by atoms with Crippen molar-refractivity contribution in [1.29, 1.82) is 0 Å². The Bertz CT molecular complexity index is 1010. The van der Waals surface area contributed by atoms with E-state index in [1.54, 1.807) is 0 Å². The van der Waals surface area contributed by atoms with Crippen molar-refractivity contribution in [1.82, 2.24) is 5.43 Å². The SMILES string of the molecule is O=C(Cc1cccc2ccccc12)N/N=C/c1cc(Br)c(O)c(Br)c1O. The van der Waals surface area contributed by atoms with Gasteiger partial charge in [0, 0.05) is 5.56 Å². The zero-order valence-electron chi connectivity index (χ0n) is 13.4. The number of phenols is 2. The van der Waals surface area contributed by atoms with E-state index >= 15 is 0 Å². The molecule has 0 aliphatic heterocycles. The Morgan fingerprint density at radius 2 is 1.81 bits per heavy atom.